The van der Waals surface area contributed by atoms with Gasteiger partial charge in [-0.15, -0.1) is 0 Å². The monoisotopic (exact) mass is 285 g/mol. The first kappa shape index (κ1) is 12.8. The van der Waals surface area contributed by atoms with E-state index in [4.69, 9.17) is 0 Å². The Morgan fingerprint density at radius 2 is 1.55 bits per heavy atom. The highest BCUT2D eigenvalue weighted by atomic mass is 16.1. The number of nitrogens with zero attached hydrogens (tertiary/aromatic N) is 1. The molecule has 0 radical (unpaired) electrons. The standard InChI is InChI=1S/C20H15NO/c1-14-11-12-21-18(13-14)16-9-5-6-10-17(16)19(21)20(22)15-7-3-2-4-8-15/h2-13H,1H3. The second-order valence-electron chi connectivity index (χ2n) is 5.55. The number of hydrogen-bond acceptors (Lipinski definition) is 1. The third-order valence-electron chi connectivity index (χ3n) is 4.06. The van der Waals surface area contributed by atoms with Crippen LogP contribution in [-0.2, 0) is 0 Å². The molecule has 0 saturated carbocycles. The molecule has 106 valence electrons. The van der Waals surface area contributed by atoms with Gasteiger partial charge in [0.1, 0.15) is 5.69 Å². The molecule has 2 nitrogen and oxygen atoms in total. The third-order valence-corrected chi connectivity index (χ3v) is 4.06. The first-order valence-corrected chi connectivity index (χ1v) is 7.35. The third kappa shape index (κ3) is 1.85. The molecular formula is C20H15NO. The van der Waals surface area contributed by atoms with Gasteiger partial charge in [0.25, 0.3) is 0 Å². The lowest BCUT2D eigenvalue weighted by molar-refractivity contribution is 0.103. The first-order valence-electron chi connectivity index (χ1n) is 7.35. The normalized spacial score (nSPS) is 11.1. The molecule has 0 N–H and O–H groups in total. The molecule has 0 aliphatic carbocycles. The van der Waals surface area contributed by atoms with E-state index in [1.807, 2.05) is 65.2 Å². The molecule has 4 aromatic rings. The predicted molar refractivity (Wildman–Crippen MR) is 89.5 cm³/mol. The van der Waals surface area contributed by atoms with Crippen molar-refractivity contribution < 1.29 is 4.79 Å². The minimum Gasteiger partial charge on any atom is -0.313 e. The van der Waals surface area contributed by atoms with Crippen LogP contribution < -0.4 is 0 Å². The van der Waals surface area contributed by atoms with Crippen LogP contribution in [0, 0.1) is 6.92 Å². The number of aryl methyl sites for hydroxylation is 1. The Balaban J connectivity index is 2.09. The molecular weight excluding hydrogens is 270 g/mol. The fourth-order valence-corrected chi connectivity index (χ4v) is 3.01. The van der Waals surface area contributed by atoms with Crippen molar-refractivity contribution in [3.63, 3.8) is 0 Å². The van der Waals surface area contributed by atoms with Crippen molar-refractivity contribution in [3.8, 4) is 0 Å². The zero-order valence-electron chi connectivity index (χ0n) is 12.3. The number of rotatable bonds is 2. The average Bonchev–Trinajstić information content (AvgIpc) is 2.89. The summed E-state index contributed by atoms with van der Waals surface area (Å²) in [5, 5.41) is 2.12. The van der Waals surface area contributed by atoms with Crippen molar-refractivity contribution in [2.75, 3.05) is 0 Å². The van der Waals surface area contributed by atoms with E-state index in [2.05, 4.69) is 19.1 Å². The first-order chi connectivity index (χ1) is 10.8. The maximum Gasteiger partial charge on any atom is 0.210 e. The maximum atomic E-state index is 13.0. The lowest BCUT2D eigenvalue weighted by Gasteiger charge is -2.04. The molecule has 0 aliphatic heterocycles. The van der Waals surface area contributed by atoms with E-state index in [0.29, 0.717) is 5.56 Å². The Hall–Kier alpha value is -2.87. The minimum absolute atomic E-state index is 0.0562. The van der Waals surface area contributed by atoms with Crippen LogP contribution in [-0.4, -0.2) is 10.2 Å². The maximum absolute atomic E-state index is 13.0. The van der Waals surface area contributed by atoms with Crippen LogP contribution in [0.5, 0.6) is 0 Å². The van der Waals surface area contributed by atoms with Crippen molar-refractivity contribution in [1.82, 2.24) is 4.40 Å². The van der Waals surface area contributed by atoms with Crippen LogP contribution >= 0.6 is 0 Å². The number of pyridine rings is 1. The molecule has 22 heavy (non-hydrogen) atoms. The average molecular weight is 285 g/mol. The molecule has 0 unspecified atom stereocenters. The lowest BCUT2D eigenvalue weighted by Crippen LogP contribution is -2.05. The van der Waals surface area contributed by atoms with E-state index in [1.165, 1.54) is 5.56 Å². The van der Waals surface area contributed by atoms with Gasteiger partial charge in [-0.1, -0.05) is 54.6 Å². The summed E-state index contributed by atoms with van der Waals surface area (Å²) in [4.78, 5) is 13.0. The largest absolute Gasteiger partial charge is 0.313 e. The fraction of sp³-hybridized carbons (Fsp3) is 0.0500. The van der Waals surface area contributed by atoms with E-state index in [0.717, 1.165) is 22.0 Å². The van der Waals surface area contributed by atoms with Crippen molar-refractivity contribution in [3.05, 3.63) is 89.7 Å². The van der Waals surface area contributed by atoms with Crippen LogP contribution in [0.1, 0.15) is 21.6 Å². The smallest absolute Gasteiger partial charge is 0.210 e. The van der Waals surface area contributed by atoms with Gasteiger partial charge in [-0.25, -0.2) is 0 Å². The predicted octanol–water partition coefficient (Wildman–Crippen LogP) is 4.63. The van der Waals surface area contributed by atoms with Crippen LogP contribution in [0.25, 0.3) is 16.3 Å². The number of benzene rings is 2. The van der Waals surface area contributed by atoms with E-state index in [1.54, 1.807) is 0 Å². The summed E-state index contributed by atoms with van der Waals surface area (Å²) in [6, 6.07) is 21.7. The molecule has 0 fully saturated rings. The highest BCUT2D eigenvalue weighted by Gasteiger charge is 2.18. The van der Waals surface area contributed by atoms with Gasteiger partial charge in [-0.2, -0.15) is 0 Å². The molecule has 0 saturated heterocycles. The summed E-state index contributed by atoms with van der Waals surface area (Å²) in [5.41, 5.74) is 3.72. The Morgan fingerprint density at radius 3 is 2.32 bits per heavy atom. The summed E-state index contributed by atoms with van der Waals surface area (Å²) in [5.74, 6) is 0.0562. The molecule has 0 atom stereocenters. The summed E-state index contributed by atoms with van der Waals surface area (Å²) in [7, 11) is 0. The minimum atomic E-state index is 0.0562. The van der Waals surface area contributed by atoms with Gasteiger partial charge in [-0.05, 0) is 24.6 Å². The Kier molecular flexibility index (Phi) is 2.83. The Morgan fingerprint density at radius 1 is 0.864 bits per heavy atom. The van der Waals surface area contributed by atoms with Gasteiger partial charge >= 0.3 is 0 Å². The molecule has 2 aromatic carbocycles. The van der Waals surface area contributed by atoms with Crippen molar-refractivity contribution in [1.29, 1.82) is 0 Å². The van der Waals surface area contributed by atoms with Gasteiger partial charge in [0.05, 0.1) is 5.52 Å². The second kappa shape index (κ2) is 4.85. The van der Waals surface area contributed by atoms with E-state index >= 15 is 0 Å². The topological polar surface area (TPSA) is 21.5 Å². The number of carbonyl (C=O) groups is 1. The van der Waals surface area contributed by atoms with E-state index in [9.17, 15) is 4.79 Å². The Labute approximate surface area is 128 Å². The van der Waals surface area contributed by atoms with Crippen LogP contribution in [0.2, 0.25) is 0 Å². The molecule has 0 spiro atoms. The Bertz CT molecular complexity index is 996. The molecule has 2 heterocycles. The number of aromatic nitrogens is 1. The van der Waals surface area contributed by atoms with Gasteiger partial charge in [0, 0.05) is 22.5 Å². The lowest BCUT2D eigenvalue weighted by atomic mass is 10.0. The molecule has 0 amide bonds. The fourth-order valence-electron chi connectivity index (χ4n) is 3.01. The number of ketones is 1. The van der Waals surface area contributed by atoms with Crippen molar-refractivity contribution in [2.24, 2.45) is 0 Å². The van der Waals surface area contributed by atoms with E-state index in [-0.39, 0.29) is 5.78 Å². The van der Waals surface area contributed by atoms with Gasteiger partial charge < -0.3 is 4.40 Å². The number of carbonyl (C=O) groups excluding carboxylic acids is 1. The SMILES string of the molecule is Cc1ccn2c(C(=O)c3ccccc3)c3ccccc3c2c1. The number of hydrogen-bond donors (Lipinski definition) is 0. The molecule has 0 bridgehead atoms. The molecule has 0 aliphatic rings. The molecule has 4 rings (SSSR count). The summed E-state index contributed by atoms with van der Waals surface area (Å²) >= 11 is 0. The van der Waals surface area contributed by atoms with Crippen molar-refractivity contribution >= 4 is 22.1 Å². The highest BCUT2D eigenvalue weighted by molar-refractivity contribution is 6.19. The van der Waals surface area contributed by atoms with Gasteiger partial charge in [0.2, 0.25) is 5.78 Å². The van der Waals surface area contributed by atoms with Gasteiger partial charge in [0.15, 0.2) is 0 Å². The second-order valence-corrected chi connectivity index (χ2v) is 5.55. The van der Waals surface area contributed by atoms with E-state index < -0.39 is 0 Å². The summed E-state index contributed by atoms with van der Waals surface area (Å²) < 4.78 is 2.01. The van der Waals surface area contributed by atoms with Crippen LogP contribution in [0.4, 0.5) is 0 Å². The zero-order valence-corrected chi connectivity index (χ0v) is 12.3. The molecule has 2 aromatic heterocycles. The van der Waals surface area contributed by atoms with Crippen LogP contribution in [0.15, 0.2) is 72.9 Å². The van der Waals surface area contributed by atoms with Crippen LogP contribution in [0.3, 0.4) is 0 Å². The van der Waals surface area contributed by atoms with Gasteiger partial charge in [-0.3, -0.25) is 4.79 Å². The van der Waals surface area contributed by atoms with Crippen molar-refractivity contribution in [2.45, 2.75) is 6.92 Å². The highest BCUT2D eigenvalue weighted by Crippen LogP contribution is 2.29. The number of fused-ring (bicyclic) bond motifs is 3. The zero-order chi connectivity index (χ0) is 15.1. The quantitative estimate of drug-likeness (QED) is 0.492. The summed E-state index contributed by atoms with van der Waals surface area (Å²) in [6.07, 6.45) is 1.99. The molecule has 2 heteroatoms. The summed E-state index contributed by atoms with van der Waals surface area (Å²) in [6.45, 7) is 2.07.